The number of nitrogens with one attached hydrogen (secondary N) is 1. The van der Waals surface area contributed by atoms with Crippen molar-refractivity contribution in [2.24, 2.45) is 0 Å². The lowest BCUT2D eigenvalue weighted by Crippen LogP contribution is -2.43. The van der Waals surface area contributed by atoms with Crippen LogP contribution in [0, 0.1) is 18.8 Å². The Balaban J connectivity index is 1.26. The van der Waals surface area contributed by atoms with Gasteiger partial charge in [-0.2, -0.15) is 0 Å². The van der Waals surface area contributed by atoms with Gasteiger partial charge in [-0.1, -0.05) is 48.2 Å². The second kappa shape index (κ2) is 11.6. The van der Waals surface area contributed by atoms with Crippen LogP contribution in [0.3, 0.4) is 0 Å². The molecule has 1 aliphatic rings. The van der Waals surface area contributed by atoms with Crippen LogP contribution in [0.5, 0.6) is 0 Å². The van der Waals surface area contributed by atoms with E-state index in [9.17, 15) is 4.79 Å². The van der Waals surface area contributed by atoms with Crippen LogP contribution in [0.15, 0.2) is 67.0 Å². The first-order valence-electron chi connectivity index (χ1n) is 13.1. The number of fused-ring (bicyclic) bond motifs is 1. The molecule has 2 heterocycles. The summed E-state index contributed by atoms with van der Waals surface area (Å²) in [4.78, 5) is 26.5. The van der Waals surface area contributed by atoms with E-state index in [4.69, 9.17) is 0 Å². The van der Waals surface area contributed by atoms with Crippen molar-refractivity contribution in [3.63, 3.8) is 0 Å². The molecule has 0 bridgehead atoms. The van der Waals surface area contributed by atoms with Gasteiger partial charge in [0.1, 0.15) is 12.1 Å². The van der Waals surface area contributed by atoms with Gasteiger partial charge < -0.3 is 10.2 Å². The van der Waals surface area contributed by atoms with Gasteiger partial charge in [0.25, 0.3) is 0 Å². The number of Topliss-reactive ketones (excluding diaryl/α,β-unsaturated/α-hetero) is 1. The number of hydrogen-bond donors (Lipinski definition) is 1. The van der Waals surface area contributed by atoms with Crippen LogP contribution in [0.2, 0.25) is 0 Å². The number of aromatic nitrogens is 2. The standard InChI is InChI=1S/C32H33N5O/c1-23-4-5-26(18-28(23)12-6-24-9-13-29-30(19-24)34-22-35-32(29)33-2)20-31(38)27-10-7-25(8-11-27)21-37-16-14-36(3)15-17-37/h4-5,7-11,13,18-19,22H,14-17,20-21H2,1-3H3,(H,33,34,35). The lowest BCUT2D eigenvalue weighted by atomic mass is 9.98. The zero-order valence-electron chi connectivity index (χ0n) is 22.3. The number of carbonyl (C=O) groups excluding carboxylic acids is 1. The third-order valence-electron chi connectivity index (χ3n) is 7.16. The fourth-order valence-electron chi connectivity index (χ4n) is 4.73. The number of aryl methyl sites for hydroxylation is 1. The number of nitrogens with zero attached hydrogens (tertiary/aromatic N) is 4. The highest BCUT2D eigenvalue weighted by atomic mass is 16.1. The van der Waals surface area contributed by atoms with Crippen molar-refractivity contribution in [1.82, 2.24) is 19.8 Å². The van der Waals surface area contributed by atoms with Gasteiger partial charge in [0.05, 0.1) is 5.52 Å². The van der Waals surface area contributed by atoms with Crippen molar-refractivity contribution in [2.45, 2.75) is 19.9 Å². The minimum Gasteiger partial charge on any atom is -0.373 e. The first kappa shape index (κ1) is 25.6. The predicted octanol–water partition coefficient (Wildman–Crippen LogP) is 4.55. The summed E-state index contributed by atoms with van der Waals surface area (Å²) in [7, 11) is 4.02. The SMILES string of the molecule is CNc1ncnc2cc(C#Cc3cc(CC(=O)c4ccc(CN5CCN(C)CC5)cc4)ccc3C)ccc12. The fourth-order valence-corrected chi connectivity index (χ4v) is 4.73. The van der Waals surface area contributed by atoms with Crippen molar-refractivity contribution in [3.05, 3.63) is 100 Å². The third kappa shape index (κ3) is 6.08. The first-order chi connectivity index (χ1) is 18.5. The van der Waals surface area contributed by atoms with Crippen molar-refractivity contribution in [1.29, 1.82) is 0 Å². The summed E-state index contributed by atoms with van der Waals surface area (Å²) in [6, 6.07) is 20.1. The van der Waals surface area contributed by atoms with Gasteiger partial charge >= 0.3 is 0 Å². The van der Waals surface area contributed by atoms with E-state index in [0.717, 1.165) is 77.3 Å². The lowest BCUT2D eigenvalue weighted by Gasteiger charge is -2.32. The molecular formula is C32H33N5O. The molecular weight excluding hydrogens is 470 g/mol. The smallest absolute Gasteiger partial charge is 0.167 e. The van der Waals surface area contributed by atoms with E-state index >= 15 is 0 Å². The summed E-state index contributed by atoms with van der Waals surface area (Å²) in [6.45, 7) is 7.36. The molecule has 0 aliphatic carbocycles. The molecule has 0 amide bonds. The van der Waals surface area contributed by atoms with E-state index in [1.54, 1.807) is 6.33 Å². The number of rotatable bonds is 6. The van der Waals surface area contributed by atoms with Crippen LogP contribution in [0.1, 0.15) is 38.2 Å². The molecule has 192 valence electrons. The normalized spacial score (nSPS) is 14.2. The minimum atomic E-state index is 0.119. The number of hydrogen-bond acceptors (Lipinski definition) is 6. The van der Waals surface area contributed by atoms with Gasteiger partial charge in [-0.05, 0) is 54.9 Å². The molecule has 6 heteroatoms. The highest BCUT2D eigenvalue weighted by Gasteiger charge is 2.14. The Hall–Kier alpha value is -4.05. The van der Waals surface area contributed by atoms with E-state index in [2.05, 4.69) is 56.1 Å². The van der Waals surface area contributed by atoms with Crippen molar-refractivity contribution in [3.8, 4) is 11.8 Å². The molecule has 1 N–H and O–H groups in total. The van der Waals surface area contributed by atoms with Crippen LogP contribution < -0.4 is 5.32 Å². The summed E-state index contributed by atoms with van der Waals surface area (Å²) in [5, 5.41) is 4.05. The minimum absolute atomic E-state index is 0.119. The second-order valence-electron chi connectivity index (χ2n) is 9.98. The highest BCUT2D eigenvalue weighted by Crippen LogP contribution is 2.20. The van der Waals surface area contributed by atoms with Gasteiger partial charge in [-0.25, -0.2) is 9.97 Å². The zero-order valence-corrected chi connectivity index (χ0v) is 22.3. The second-order valence-corrected chi connectivity index (χ2v) is 9.98. The lowest BCUT2D eigenvalue weighted by molar-refractivity contribution is 0.0993. The molecule has 0 atom stereocenters. The first-order valence-corrected chi connectivity index (χ1v) is 13.1. The molecule has 1 fully saturated rings. The number of benzene rings is 3. The molecule has 3 aromatic carbocycles. The van der Waals surface area contributed by atoms with E-state index in [1.165, 1.54) is 5.56 Å². The Kier molecular flexibility index (Phi) is 7.78. The molecule has 0 spiro atoms. The van der Waals surface area contributed by atoms with E-state index in [-0.39, 0.29) is 5.78 Å². The molecule has 1 aromatic heterocycles. The van der Waals surface area contributed by atoms with Gasteiger partial charge in [-0.3, -0.25) is 9.69 Å². The predicted molar refractivity (Wildman–Crippen MR) is 153 cm³/mol. The quantitative estimate of drug-likeness (QED) is 0.308. The Labute approximate surface area is 224 Å². The molecule has 1 saturated heterocycles. The topological polar surface area (TPSA) is 61.4 Å². The molecule has 0 unspecified atom stereocenters. The number of carbonyl (C=O) groups is 1. The highest BCUT2D eigenvalue weighted by molar-refractivity contribution is 5.97. The van der Waals surface area contributed by atoms with Gasteiger partial charge in [0, 0.05) is 68.3 Å². The van der Waals surface area contributed by atoms with Crippen molar-refractivity contribution < 1.29 is 4.79 Å². The monoisotopic (exact) mass is 503 g/mol. The maximum atomic E-state index is 13.0. The summed E-state index contributed by atoms with van der Waals surface area (Å²) in [5.74, 6) is 7.48. The van der Waals surface area contributed by atoms with Gasteiger partial charge in [0.2, 0.25) is 0 Å². The van der Waals surface area contributed by atoms with Crippen molar-refractivity contribution >= 4 is 22.5 Å². The number of ketones is 1. The van der Waals surface area contributed by atoms with Crippen LogP contribution in [-0.2, 0) is 13.0 Å². The molecule has 5 rings (SSSR count). The van der Waals surface area contributed by atoms with Crippen LogP contribution in [0.25, 0.3) is 10.9 Å². The summed E-state index contributed by atoms with van der Waals surface area (Å²) in [5.41, 5.74) is 6.72. The van der Waals surface area contributed by atoms with E-state index < -0.39 is 0 Å². The largest absolute Gasteiger partial charge is 0.373 e. The van der Waals surface area contributed by atoms with Gasteiger partial charge in [-0.15, -0.1) is 0 Å². The van der Waals surface area contributed by atoms with E-state index in [0.29, 0.717) is 6.42 Å². The third-order valence-corrected chi connectivity index (χ3v) is 7.16. The Bertz CT molecular complexity index is 1510. The molecule has 0 radical (unpaired) electrons. The summed E-state index contributed by atoms with van der Waals surface area (Å²) < 4.78 is 0. The average molecular weight is 504 g/mol. The van der Waals surface area contributed by atoms with E-state index in [1.807, 2.05) is 62.5 Å². The average Bonchev–Trinajstić information content (AvgIpc) is 2.94. The van der Waals surface area contributed by atoms with Crippen LogP contribution in [-0.4, -0.2) is 65.8 Å². The van der Waals surface area contributed by atoms with Crippen LogP contribution in [0.4, 0.5) is 5.82 Å². The summed E-state index contributed by atoms with van der Waals surface area (Å²) >= 11 is 0. The maximum absolute atomic E-state index is 13.0. The maximum Gasteiger partial charge on any atom is 0.167 e. The Morgan fingerprint density at radius 2 is 1.68 bits per heavy atom. The van der Waals surface area contributed by atoms with Crippen molar-refractivity contribution in [2.75, 3.05) is 45.6 Å². The number of anilines is 1. The summed E-state index contributed by atoms with van der Waals surface area (Å²) in [6.07, 6.45) is 1.91. The van der Waals surface area contributed by atoms with Crippen LogP contribution >= 0.6 is 0 Å². The number of piperazine rings is 1. The Morgan fingerprint density at radius 1 is 0.921 bits per heavy atom. The molecule has 4 aromatic rings. The van der Waals surface area contributed by atoms with Gasteiger partial charge in [0.15, 0.2) is 5.78 Å². The Morgan fingerprint density at radius 3 is 2.45 bits per heavy atom. The fraction of sp³-hybridized carbons (Fsp3) is 0.281. The molecule has 1 aliphatic heterocycles. The number of likely N-dealkylation sites (N-methyl/N-ethyl adjacent to an activating group) is 1. The zero-order chi connectivity index (χ0) is 26.5. The molecule has 0 saturated carbocycles. The molecule has 38 heavy (non-hydrogen) atoms. The molecule has 6 nitrogen and oxygen atoms in total.